The smallest absolute Gasteiger partial charge is 0.315 e. The Morgan fingerprint density at radius 1 is 1.10 bits per heavy atom. The van der Waals surface area contributed by atoms with Crippen LogP contribution in [0.1, 0.15) is 51.9 Å². The Balaban J connectivity index is 1.69. The first-order valence-electron chi connectivity index (χ1n) is 8.00. The zero-order valence-corrected chi connectivity index (χ0v) is 12.6. The van der Waals surface area contributed by atoms with Gasteiger partial charge in [-0.3, -0.25) is 4.79 Å². The van der Waals surface area contributed by atoms with E-state index in [2.05, 4.69) is 17.6 Å². The Morgan fingerprint density at radius 3 is 2.38 bits per heavy atom. The second-order valence-electron chi connectivity index (χ2n) is 6.13. The molecular formula is C15H26N2O4. The maximum atomic E-state index is 12.0. The molecule has 1 aliphatic heterocycles. The Hall–Kier alpha value is -1.30. The number of rotatable bonds is 4. The molecule has 1 saturated carbocycles. The van der Waals surface area contributed by atoms with E-state index in [1.165, 1.54) is 0 Å². The minimum absolute atomic E-state index is 0.0995. The lowest BCUT2D eigenvalue weighted by molar-refractivity contribution is -0.142. The van der Waals surface area contributed by atoms with E-state index in [9.17, 15) is 9.59 Å². The van der Waals surface area contributed by atoms with Gasteiger partial charge >= 0.3 is 12.0 Å². The first-order chi connectivity index (χ1) is 10.1. The standard InChI is InChI=1S/C15H26N2O4/c1-2-13-9-12(7-8-21-13)17-15(20)16-11-5-3-10(4-6-11)14(18)19/h10-13H,2-9H2,1H3,(H,18,19)(H2,16,17,20). The number of hydrogen-bond donors (Lipinski definition) is 3. The summed E-state index contributed by atoms with van der Waals surface area (Å²) in [6, 6.07) is 0.150. The zero-order valence-electron chi connectivity index (χ0n) is 12.6. The van der Waals surface area contributed by atoms with E-state index in [0.717, 1.165) is 32.1 Å². The second kappa shape index (κ2) is 7.64. The van der Waals surface area contributed by atoms with Crippen LogP contribution >= 0.6 is 0 Å². The van der Waals surface area contributed by atoms with Crippen molar-refractivity contribution in [3.8, 4) is 0 Å². The molecule has 1 saturated heterocycles. The van der Waals surface area contributed by atoms with Crippen LogP contribution in [0, 0.1) is 5.92 Å². The Morgan fingerprint density at radius 2 is 1.76 bits per heavy atom. The van der Waals surface area contributed by atoms with Gasteiger partial charge in [0, 0.05) is 18.7 Å². The van der Waals surface area contributed by atoms with Crippen LogP contribution in [0.4, 0.5) is 4.79 Å². The molecule has 2 unspecified atom stereocenters. The molecule has 6 heteroatoms. The molecule has 2 rings (SSSR count). The minimum Gasteiger partial charge on any atom is -0.481 e. The Kier molecular flexibility index (Phi) is 5.85. The van der Waals surface area contributed by atoms with Crippen molar-refractivity contribution >= 4 is 12.0 Å². The molecule has 0 aromatic heterocycles. The molecule has 2 amide bonds. The van der Waals surface area contributed by atoms with E-state index < -0.39 is 5.97 Å². The van der Waals surface area contributed by atoms with Crippen LogP contribution in [-0.4, -0.2) is 41.9 Å². The number of hydrogen-bond acceptors (Lipinski definition) is 3. The molecule has 120 valence electrons. The summed E-state index contributed by atoms with van der Waals surface area (Å²) in [5.74, 6) is -0.961. The highest BCUT2D eigenvalue weighted by Crippen LogP contribution is 2.24. The Bertz CT molecular complexity index is 367. The minimum atomic E-state index is -0.717. The highest BCUT2D eigenvalue weighted by Gasteiger charge is 2.28. The molecule has 2 fully saturated rings. The third-order valence-corrected chi connectivity index (χ3v) is 4.57. The molecule has 2 aliphatic rings. The van der Waals surface area contributed by atoms with Crippen LogP contribution in [0.2, 0.25) is 0 Å². The molecule has 0 bridgehead atoms. The van der Waals surface area contributed by atoms with Crippen LogP contribution in [-0.2, 0) is 9.53 Å². The van der Waals surface area contributed by atoms with Gasteiger partial charge in [-0.25, -0.2) is 4.79 Å². The third kappa shape index (κ3) is 4.88. The van der Waals surface area contributed by atoms with E-state index >= 15 is 0 Å². The summed E-state index contributed by atoms with van der Waals surface area (Å²) in [4.78, 5) is 22.9. The summed E-state index contributed by atoms with van der Waals surface area (Å²) in [7, 11) is 0. The number of carboxylic acid groups (broad SMARTS) is 1. The van der Waals surface area contributed by atoms with Crippen molar-refractivity contribution in [3.05, 3.63) is 0 Å². The number of carbonyl (C=O) groups is 2. The van der Waals surface area contributed by atoms with Gasteiger partial charge in [0.1, 0.15) is 0 Å². The number of carboxylic acids is 1. The van der Waals surface area contributed by atoms with Gasteiger partial charge in [0.25, 0.3) is 0 Å². The first kappa shape index (κ1) is 16.1. The summed E-state index contributed by atoms with van der Waals surface area (Å²) in [6.07, 6.45) is 5.73. The van der Waals surface area contributed by atoms with Crippen molar-refractivity contribution in [1.29, 1.82) is 0 Å². The normalized spacial score (nSPS) is 33.2. The Labute approximate surface area is 125 Å². The summed E-state index contributed by atoms with van der Waals surface area (Å²) in [5, 5.41) is 15.0. The molecule has 2 atom stereocenters. The van der Waals surface area contributed by atoms with E-state index in [1.54, 1.807) is 0 Å². The number of carbonyl (C=O) groups excluding carboxylic acids is 1. The van der Waals surface area contributed by atoms with Gasteiger partial charge in [-0.05, 0) is 44.9 Å². The number of nitrogens with one attached hydrogen (secondary N) is 2. The highest BCUT2D eigenvalue weighted by atomic mass is 16.5. The van der Waals surface area contributed by atoms with Crippen LogP contribution in [0.5, 0.6) is 0 Å². The maximum Gasteiger partial charge on any atom is 0.315 e. The van der Waals surface area contributed by atoms with Gasteiger partial charge in [0.2, 0.25) is 0 Å². The molecule has 6 nitrogen and oxygen atoms in total. The number of ether oxygens (including phenoxy) is 1. The van der Waals surface area contributed by atoms with E-state index in [-0.39, 0.29) is 30.1 Å². The quantitative estimate of drug-likeness (QED) is 0.739. The van der Waals surface area contributed by atoms with Crippen LogP contribution in [0.3, 0.4) is 0 Å². The lowest BCUT2D eigenvalue weighted by Gasteiger charge is -2.31. The lowest BCUT2D eigenvalue weighted by Crippen LogP contribution is -2.49. The van der Waals surface area contributed by atoms with E-state index in [1.807, 2.05) is 0 Å². The van der Waals surface area contributed by atoms with Crippen molar-refractivity contribution in [2.24, 2.45) is 5.92 Å². The largest absolute Gasteiger partial charge is 0.481 e. The van der Waals surface area contributed by atoms with Crippen molar-refractivity contribution < 1.29 is 19.4 Å². The van der Waals surface area contributed by atoms with Gasteiger partial charge in [-0.2, -0.15) is 0 Å². The van der Waals surface area contributed by atoms with Crippen molar-refractivity contribution in [2.45, 2.75) is 70.1 Å². The van der Waals surface area contributed by atoms with E-state index in [0.29, 0.717) is 19.4 Å². The zero-order chi connectivity index (χ0) is 15.2. The van der Waals surface area contributed by atoms with Crippen molar-refractivity contribution in [3.63, 3.8) is 0 Å². The second-order valence-corrected chi connectivity index (χ2v) is 6.13. The SMILES string of the molecule is CCC1CC(NC(=O)NC2CCC(C(=O)O)CC2)CCO1. The predicted octanol–water partition coefficient (Wildman–Crippen LogP) is 1.89. The summed E-state index contributed by atoms with van der Waals surface area (Å²) < 4.78 is 5.60. The fourth-order valence-corrected chi connectivity index (χ4v) is 3.19. The van der Waals surface area contributed by atoms with E-state index in [4.69, 9.17) is 9.84 Å². The topological polar surface area (TPSA) is 87.7 Å². The number of urea groups is 1. The number of aliphatic carboxylic acids is 1. The molecular weight excluding hydrogens is 272 g/mol. The maximum absolute atomic E-state index is 12.0. The fourth-order valence-electron chi connectivity index (χ4n) is 3.19. The first-order valence-corrected chi connectivity index (χ1v) is 8.00. The monoisotopic (exact) mass is 298 g/mol. The molecule has 0 radical (unpaired) electrons. The molecule has 0 aromatic carbocycles. The lowest BCUT2D eigenvalue weighted by atomic mass is 9.86. The summed E-state index contributed by atoms with van der Waals surface area (Å²) in [5.41, 5.74) is 0. The summed E-state index contributed by atoms with van der Waals surface area (Å²) in [6.45, 7) is 2.79. The molecule has 1 aliphatic carbocycles. The van der Waals surface area contributed by atoms with Crippen molar-refractivity contribution in [1.82, 2.24) is 10.6 Å². The summed E-state index contributed by atoms with van der Waals surface area (Å²) >= 11 is 0. The molecule has 3 N–H and O–H groups in total. The molecule has 0 aromatic rings. The van der Waals surface area contributed by atoms with Gasteiger partial charge in [0.15, 0.2) is 0 Å². The third-order valence-electron chi connectivity index (χ3n) is 4.57. The van der Waals surface area contributed by atoms with Gasteiger partial charge in [-0.1, -0.05) is 6.92 Å². The fraction of sp³-hybridized carbons (Fsp3) is 0.867. The van der Waals surface area contributed by atoms with Gasteiger partial charge in [-0.15, -0.1) is 0 Å². The van der Waals surface area contributed by atoms with Crippen LogP contribution in [0.25, 0.3) is 0 Å². The van der Waals surface area contributed by atoms with Gasteiger partial charge in [0.05, 0.1) is 12.0 Å². The number of amides is 2. The average molecular weight is 298 g/mol. The average Bonchev–Trinajstić information content (AvgIpc) is 2.47. The van der Waals surface area contributed by atoms with Crippen LogP contribution < -0.4 is 10.6 Å². The predicted molar refractivity (Wildman–Crippen MR) is 78.1 cm³/mol. The molecule has 21 heavy (non-hydrogen) atoms. The van der Waals surface area contributed by atoms with Crippen molar-refractivity contribution in [2.75, 3.05) is 6.61 Å². The molecule has 0 spiro atoms. The highest BCUT2D eigenvalue weighted by molar-refractivity contribution is 5.74. The van der Waals surface area contributed by atoms with Crippen LogP contribution in [0.15, 0.2) is 0 Å². The van der Waals surface area contributed by atoms with Gasteiger partial charge < -0.3 is 20.5 Å². The molecule has 1 heterocycles.